The standard InChI is InChI=1S/C10H21NO5Si/c1-9(2)10(12)15-8-16-17(13-3,14-4)7-5-6-11/h1,5-8,11H2,2-4H3. The molecule has 0 rings (SSSR count). The van der Waals surface area contributed by atoms with Crippen LogP contribution in [0.3, 0.4) is 0 Å². The summed E-state index contributed by atoms with van der Waals surface area (Å²) >= 11 is 0. The Kier molecular flexibility index (Phi) is 8.01. The fraction of sp³-hybridized carbons (Fsp3) is 0.700. The van der Waals surface area contributed by atoms with E-state index in [2.05, 4.69) is 6.58 Å². The van der Waals surface area contributed by atoms with Crippen LogP contribution in [-0.4, -0.2) is 42.3 Å². The molecule has 0 aliphatic carbocycles. The third-order valence-corrected chi connectivity index (χ3v) is 4.89. The molecule has 100 valence electrons. The summed E-state index contributed by atoms with van der Waals surface area (Å²) in [5, 5.41) is 0. The number of hydrogen-bond acceptors (Lipinski definition) is 6. The van der Waals surface area contributed by atoms with Crippen LogP contribution >= 0.6 is 0 Å². The first kappa shape index (κ1) is 16.3. The number of nitrogens with two attached hydrogens (primary N) is 1. The van der Waals surface area contributed by atoms with E-state index in [0.29, 0.717) is 18.2 Å². The predicted octanol–water partition coefficient (Wildman–Crippen LogP) is 0.660. The minimum atomic E-state index is -2.75. The molecule has 7 heteroatoms. The van der Waals surface area contributed by atoms with Crippen LogP contribution in [0.4, 0.5) is 0 Å². The molecule has 0 bridgehead atoms. The van der Waals surface area contributed by atoms with Gasteiger partial charge in [-0.3, -0.25) is 0 Å². The number of rotatable bonds is 9. The van der Waals surface area contributed by atoms with Crippen molar-refractivity contribution in [1.29, 1.82) is 0 Å². The van der Waals surface area contributed by atoms with Crippen LogP contribution in [0.15, 0.2) is 12.2 Å². The summed E-state index contributed by atoms with van der Waals surface area (Å²) in [7, 11) is 0.261. The molecule has 0 radical (unpaired) electrons. The molecule has 0 fully saturated rings. The maximum Gasteiger partial charge on any atom is 0.502 e. The van der Waals surface area contributed by atoms with E-state index < -0.39 is 14.8 Å². The van der Waals surface area contributed by atoms with Crippen molar-refractivity contribution in [3.63, 3.8) is 0 Å². The molecular weight excluding hydrogens is 242 g/mol. The van der Waals surface area contributed by atoms with Gasteiger partial charge in [0.15, 0.2) is 6.79 Å². The van der Waals surface area contributed by atoms with Gasteiger partial charge in [-0.05, 0) is 19.9 Å². The number of carbonyl (C=O) groups excluding carboxylic acids is 1. The molecule has 0 amide bonds. The quantitative estimate of drug-likeness (QED) is 0.285. The molecule has 0 aromatic carbocycles. The zero-order valence-corrected chi connectivity index (χ0v) is 11.7. The van der Waals surface area contributed by atoms with Crippen molar-refractivity contribution < 1.29 is 22.8 Å². The highest BCUT2D eigenvalue weighted by molar-refractivity contribution is 6.60. The summed E-state index contributed by atoms with van der Waals surface area (Å²) in [6.45, 7) is 5.35. The molecular formula is C10H21NO5Si. The van der Waals surface area contributed by atoms with Crippen LogP contribution in [0, 0.1) is 0 Å². The largest absolute Gasteiger partial charge is 0.502 e. The molecule has 0 aromatic heterocycles. The SMILES string of the molecule is C=C(C)C(=O)OCO[Si](CCCN)(OC)OC. The average Bonchev–Trinajstić information content (AvgIpc) is 2.33. The zero-order chi connectivity index (χ0) is 13.3. The second-order valence-corrected chi connectivity index (χ2v) is 6.43. The molecule has 0 aliphatic rings. The fourth-order valence-corrected chi connectivity index (χ4v) is 2.92. The van der Waals surface area contributed by atoms with E-state index >= 15 is 0 Å². The third kappa shape index (κ3) is 5.94. The summed E-state index contributed by atoms with van der Waals surface area (Å²) in [6.07, 6.45) is 0.725. The van der Waals surface area contributed by atoms with E-state index in [9.17, 15) is 4.79 Å². The lowest BCUT2D eigenvalue weighted by atomic mass is 10.4. The second kappa shape index (κ2) is 8.37. The minimum Gasteiger partial charge on any atom is -0.436 e. The molecule has 0 saturated heterocycles. The van der Waals surface area contributed by atoms with Crippen LogP contribution in [-0.2, 0) is 22.8 Å². The van der Waals surface area contributed by atoms with E-state index in [1.807, 2.05) is 0 Å². The summed E-state index contributed by atoms with van der Waals surface area (Å²) in [6, 6.07) is 0.584. The second-order valence-electron chi connectivity index (χ2n) is 3.46. The normalized spacial score (nSPS) is 11.3. The van der Waals surface area contributed by atoms with Gasteiger partial charge in [0.05, 0.1) is 0 Å². The Morgan fingerprint density at radius 2 is 1.94 bits per heavy atom. The molecule has 0 unspecified atom stereocenters. The maximum atomic E-state index is 11.1. The Balaban J connectivity index is 4.16. The van der Waals surface area contributed by atoms with Crippen molar-refractivity contribution in [3.8, 4) is 0 Å². The van der Waals surface area contributed by atoms with Gasteiger partial charge in [0.25, 0.3) is 0 Å². The molecule has 0 heterocycles. The highest BCUT2D eigenvalue weighted by atomic mass is 28.4. The average molecular weight is 263 g/mol. The van der Waals surface area contributed by atoms with Crippen molar-refractivity contribution in [3.05, 3.63) is 12.2 Å². The topological polar surface area (TPSA) is 80.0 Å². The van der Waals surface area contributed by atoms with Gasteiger partial charge < -0.3 is 23.7 Å². The Bertz CT molecular complexity index is 255. The molecule has 2 N–H and O–H groups in total. The third-order valence-electron chi connectivity index (χ3n) is 2.13. The summed E-state index contributed by atoms with van der Waals surface area (Å²) in [5.74, 6) is -0.501. The maximum absolute atomic E-state index is 11.1. The summed E-state index contributed by atoms with van der Waals surface area (Å²) in [5.41, 5.74) is 5.74. The van der Waals surface area contributed by atoms with E-state index in [-0.39, 0.29) is 6.79 Å². The highest BCUT2D eigenvalue weighted by Crippen LogP contribution is 2.15. The molecule has 17 heavy (non-hydrogen) atoms. The molecule has 0 saturated carbocycles. The van der Waals surface area contributed by atoms with Gasteiger partial charge in [-0.1, -0.05) is 6.58 Å². The van der Waals surface area contributed by atoms with Crippen LogP contribution in [0.5, 0.6) is 0 Å². The van der Waals surface area contributed by atoms with E-state index in [1.165, 1.54) is 14.2 Å². The first-order valence-corrected chi connectivity index (χ1v) is 7.21. The van der Waals surface area contributed by atoms with Crippen LogP contribution in [0.25, 0.3) is 0 Å². The zero-order valence-electron chi connectivity index (χ0n) is 10.7. The molecule has 6 nitrogen and oxygen atoms in total. The van der Waals surface area contributed by atoms with Gasteiger partial charge in [-0.25, -0.2) is 4.79 Å². The van der Waals surface area contributed by atoms with Gasteiger partial charge in [-0.2, -0.15) is 0 Å². The van der Waals surface area contributed by atoms with Gasteiger partial charge >= 0.3 is 14.8 Å². The van der Waals surface area contributed by atoms with Crippen LogP contribution in [0.2, 0.25) is 6.04 Å². The number of hydrogen-bond donors (Lipinski definition) is 1. The van der Waals surface area contributed by atoms with Gasteiger partial charge in [-0.15, -0.1) is 0 Å². The lowest BCUT2D eigenvalue weighted by Crippen LogP contribution is -2.44. The lowest BCUT2D eigenvalue weighted by molar-refractivity contribution is -0.147. The molecule has 0 aromatic rings. The Hall–Kier alpha value is -0.733. The first-order valence-electron chi connectivity index (χ1n) is 5.28. The molecule has 0 atom stereocenters. The smallest absolute Gasteiger partial charge is 0.436 e. The number of ether oxygens (including phenoxy) is 1. The summed E-state index contributed by atoms with van der Waals surface area (Å²) < 4.78 is 20.7. The van der Waals surface area contributed by atoms with Gasteiger partial charge in [0.1, 0.15) is 0 Å². The Morgan fingerprint density at radius 3 is 2.35 bits per heavy atom. The van der Waals surface area contributed by atoms with Crippen molar-refractivity contribution in [2.75, 3.05) is 27.6 Å². The minimum absolute atomic E-state index is 0.204. The number of carbonyl (C=O) groups is 1. The van der Waals surface area contributed by atoms with Gasteiger partial charge in [0.2, 0.25) is 0 Å². The fourth-order valence-electron chi connectivity index (χ4n) is 1.09. The Labute approximate surface area is 103 Å². The van der Waals surface area contributed by atoms with Crippen LogP contribution < -0.4 is 5.73 Å². The van der Waals surface area contributed by atoms with Crippen molar-refractivity contribution in [2.24, 2.45) is 5.73 Å². The molecule has 0 aliphatic heterocycles. The lowest BCUT2D eigenvalue weighted by Gasteiger charge is -2.25. The van der Waals surface area contributed by atoms with E-state index in [0.717, 1.165) is 6.42 Å². The number of esters is 1. The van der Waals surface area contributed by atoms with E-state index in [1.54, 1.807) is 6.92 Å². The monoisotopic (exact) mass is 263 g/mol. The summed E-state index contributed by atoms with van der Waals surface area (Å²) in [4.78, 5) is 11.1. The van der Waals surface area contributed by atoms with E-state index in [4.69, 9.17) is 23.7 Å². The highest BCUT2D eigenvalue weighted by Gasteiger charge is 2.38. The molecule has 0 spiro atoms. The predicted molar refractivity (Wildman–Crippen MR) is 65.1 cm³/mol. The van der Waals surface area contributed by atoms with Crippen LogP contribution in [0.1, 0.15) is 13.3 Å². The Morgan fingerprint density at radius 1 is 1.35 bits per heavy atom. The van der Waals surface area contributed by atoms with Crippen molar-refractivity contribution in [2.45, 2.75) is 19.4 Å². The first-order chi connectivity index (χ1) is 8.01. The van der Waals surface area contributed by atoms with Crippen molar-refractivity contribution >= 4 is 14.8 Å². The van der Waals surface area contributed by atoms with Crippen molar-refractivity contribution in [1.82, 2.24) is 0 Å². The van der Waals surface area contributed by atoms with Gasteiger partial charge in [0, 0.05) is 25.8 Å².